The van der Waals surface area contributed by atoms with E-state index in [1.54, 1.807) is 0 Å². The first-order chi connectivity index (χ1) is 11.6. The number of aliphatic hydroxyl groups excluding tert-OH is 1. The zero-order valence-electron chi connectivity index (χ0n) is 13.4. The summed E-state index contributed by atoms with van der Waals surface area (Å²) in [7, 11) is 1.99. The SMILES string of the molecule is CN1C=Cc2c[nH]c3c2C1C=C(NCC(O)c1ccccc1)C3=O. The minimum atomic E-state index is -0.663. The predicted molar refractivity (Wildman–Crippen MR) is 92.1 cm³/mol. The fourth-order valence-electron chi connectivity index (χ4n) is 3.30. The standard InChI is InChI=1S/C19H19N3O2/c1-22-8-7-13-10-21-18-17(13)15(22)9-14(19(18)24)20-11-16(23)12-5-3-2-4-6-12/h2-10,15-16,20-21,23H,11H2,1H3. The average Bonchev–Trinajstić information content (AvgIpc) is 3.04. The van der Waals surface area contributed by atoms with Gasteiger partial charge in [0.05, 0.1) is 23.5 Å². The van der Waals surface area contributed by atoms with Crippen LogP contribution in [0.15, 0.2) is 54.5 Å². The van der Waals surface area contributed by atoms with Gasteiger partial charge in [-0.05, 0) is 23.3 Å². The van der Waals surface area contributed by atoms with Gasteiger partial charge in [-0.25, -0.2) is 0 Å². The first-order valence-electron chi connectivity index (χ1n) is 8.00. The average molecular weight is 321 g/mol. The molecule has 5 heteroatoms. The van der Waals surface area contributed by atoms with Crippen LogP contribution in [0.4, 0.5) is 0 Å². The summed E-state index contributed by atoms with van der Waals surface area (Å²) in [6, 6.07) is 9.46. The Morgan fingerprint density at radius 2 is 2.12 bits per heavy atom. The summed E-state index contributed by atoms with van der Waals surface area (Å²) in [5.41, 5.74) is 4.07. The number of ketones is 1. The maximum absolute atomic E-state index is 12.7. The van der Waals surface area contributed by atoms with Gasteiger partial charge in [0.15, 0.2) is 0 Å². The molecule has 24 heavy (non-hydrogen) atoms. The molecule has 1 aliphatic carbocycles. The lowest BCUT2D eigenvalue weighted by molar-refractivity contribution is 0.101. The van der Waals surface area contributed by atoms with Crippen molar-refractivity contribution in [1.82, 2.24) is 15.2 Å². The van der Waals surface area contributed by atoms with E-state index in [1.165, 1.54) is 0 Å². The number of H-pyrrole nitrogens is 1. The first-order valence-corrected chi connectivity index (χ1v) is 8.00. The van der Waals surface area contributed by atoms with Gasteiger partial charge >= 0.3 is 0 Å². The number of benzene rings is 1. The number of carbonyl (C=O) groups is 1. The summed E-state index contributed by atoms with van der Waals surface area (Å²) in [5.74, 6) is -0.0588. The Morgan fingerprint density at radius 1 is 1.33 bits per heavy atom. The molecule has 4 rings (SSSR count). The second-order valence-corrected chi connectivity index (χ2v) is 6.18. The van der Waals surface area contributed by atoms with Gasteiger partial charge in [-0.3, -0.25) is 4.79 Å². The summed E-state index contributed by atoms with van der Waals surface area (Å²) in [4.78, 5) is 17.9. The van der Waals surface area contributed by atoms with Gasteiger partial charge in [0.1, 0.15) is 0 Å². The second kappa shape index (κ2) is 5.69. The zero-order valence-corrected chi connectivity index (χ0v) is 13.4. The van der Waals surface area contributed by atoms with Crippen LogP contribution in [0, 0.1) is 0 Å². The van der Waals surface area contributed by atoms with Gasteiger partial charge in [-0.1, -0.05) is 30.3 Å². The maximum Gasteiger partial charge on any atom is 0.225 e. The summed E-state index contributed by atoms with van der Waals surface area (Å²) in [6.45, 7) is 0.288. The van der Waals surface area contributed by atoms with Crippen LogP contribution in [0.1, 0.15) is 39.3 Å². The number of aliphatic hydroxyl groups is 1. The van der Waals surface area contributed by atoms with Crippen LogP contribution >= 0.6 is 0 Å². The van der Waals surface area contributed by atoms with Crippen LogP contribution in [-0.4, -0.2) is 34.4 Å². The van der Waals surface area contributed by atoms with Crippen molar-refractivity contribution >= 4 is 11.9 Å². The topological polar surface area (TPSA) is 68.4 Å². The van der Waals surface area contributed by atoms with Crippen molar-refractivity contribution in [2.24, 2.45) is 0 Å². The van der Waals surface area contributed by atoms with E-state index in [-0.39, 0.29) is 18.4 Å². The molecule has 3 N–H and O–H groups in total. The third kappa shape index (κ3) is 2.34. The van der Waals surface area contributed by atoms with E-state index in [0.717, 1.165) is 16.7 Å². The number of hydrogen-bond donors (Lipinski definition) is 3. The molecule has 0 spiro atoms. The summed E-state index contributed by atoms with van der Waals surface area (Å²) in [5, 5.41) is 13.4. The van der Waals surface area contributed by atoms with Crippen LogP contribution in [0.2, 0.25) is 0 Å². The van der Waals surface area contributed by atoms with Crippen LogP contribution in [-0.2, 0) is 0 Å². The lowest BCUT2D eigenvalue weighted by Crippen LogP contribution is -2.33. The fourth-order valence-corrected chi connectivity index (χ4v) is 3.30. The van der Waals surface area contributed by atoms with E-state index >= 15 is 0 Å². The largest absolute Gasteiger partial charge is 0.387 e. The Bertz CT molecular complexity index is 836. The molecule has 2 atom stereocenters. The van der Waals surface area contributed by atoms with Crippen molar-refractivity contribution in [1.29, 1.82) is 0 Å². The lowest BCUT2D eigenvalue weighted by Gasteiger charge is -2.32. The van der Waals surface area contributed by atoms with Crippen LogP contribution in [0.25, 0.3) is 6.08 Å². The Kier molecular flexibility index (Phi) is 3.50. The van der Waals surface area contributed by atoms with Crippen molar-refractivity contribution < 1.29 is 9.90 Å². The Labute approximate surface area is 140 Å². The van der Waals surface area contributed by atoms with E-state index in [2.05, 4.69) is 15.2 Å². The van der Waals surface area contributed by atoms with E-state index in [0.29, 0.717) is 11.4 Å². The van der Waals surface area contributed by atoms with E-state index < -0.39 is 6.10 Å². The number of aromatic amines is 1. The lowest BCUT2D eigenvalue weighted by atomic mass is 9.90. The van der Waals surface area contributed by atoms with Gasteiger partial charge < -0.3 is 20.3 Å². The summed E-state index contributed by atoms with van der Waals surface area (Å²) < 4.78 is 0. The third-order valence-electron chi connectivity index (χ3n) is 4.64. The number of likely N-dealkylation sites (N-methyl/N-ethyl adjacent to an activating group) is 1. The van der Waals surface area contributed by atoms with Gasteiger partial charge in [0.2, 0.25) is 5.78 Å². The molecule has 1 aliphatic heterocycles. The predicted octanol–water partition coefficient (Wildman–Crippen LogP) is 2.38. The number of carbonyl (C=O) groups excluding carboxylic acids is 1. The number of Topliss-reactive ketones (excluding diaryl/α,β-unsaturated/α-hetero) is 1. The monoisotopic (exact) mass is 321 g/mol. The summed E-state index contributed by atoms with van der Waals surface area (Å²) in [6.07, 6.45) is 7.15. The molecule has 1 aromatic carbocycles. The molecule has 122 valence electrons. The van der Waals surface area contributed by atoms with Crippen molar-refractivity contribution in [2.45, 2.75) is 12.1 Å². The normalized spacial score (nSPS) is 19.8. The van der Waals surface area contributed by atoms with Crippen molar-refractivity contribution in [3.05, 3.63) is 76.9 Å². The number of nitrogens with zero attached hydrogens (tertiary/aromatic N) is 1. The number of rotatable bonds is 4. The molecule has 0 saturated carbocycles. The molecule has 2 unspecified atom stereocenters. The highest BCUT2D eigenvalue weighted by Crippen LogP contribution is 2.37. The molecule has 0 amide bonds. The third-order valence-corrected chi connectivity index (χ3v) is 4.64. The number of aromatic nitrogens is 1. The van der Waals surface area contributed by atoms with Crippen LogP contribution < -0.4 is 5.32 Å². The minimum Gasteiger partial charge on any atom is -0.387 e. The first kappa shape index (κ1) is 14.8. The molecular formula is C19H19N3O2. The number of nitrogens with one attached hydrogen (secondary N) is 2. The minimum absolute atomic E-state index is 0.0281. The molecule has 1 aromatic heterocycles. The highest BCUT2D eigenvalue weighted by Gasteiger charge is 2.33. The fraction of sp³-hybridized carbons (Fsp3) is 0.211. The highest BCUT2D eigenvalue weighted by molar-refractivity contribution is 6.10. The molecule has 2 heterocycles. The Morgan fingerprint density at radius 3 is 2.92 bits per heavy atom. The van der Waals surface area contributed by atoms with Crippen LogP contribution in [0.5, 0.6) is 0 Å². The van der Waals surface area contributed by atoms with E-state index in [9.17, 15) is 9.90 Å². The number of allylic oxidation sites excluding steroid dienone is 1. The Hall–Kier alpha value is -2.79. The van der Waals surface area contributed by atoms with E-state index in [1.807, 2.05) is 61.9 Å². The van der Waals surface area contributed by atoms with Crippen molar-refractivity contribution in [3.63, 3.8) is 0 Å². The van der Waals surface area contributed by atoms with E-state index in [4.69, 9.17) is 0 Å². The quantitative estimate of drug-likeness (QED) is 0.809. The molecule has 0 radical (unpaired) electrons. The van der Waals surface area contributed by atoms with Gasteiger partial charge in [-0.15, -0.1) is 0 Å². The Balaban J connectivity index is 1.56. The molecule has 2 aromatic rings. The van der Waals surface area contributed by atoms with Crippen LogP contribution in [0.3, 0.4) is 0 Å². The van der Waals surface area contributed by atoms with Crippen molar-refractivity contribution in [2.75, 3.05) is 13.6 Å². The molecule has 5 nitrogen and oxygen atoms in total. The van der Waals surface area contributed by atoms with Gasteiger partial charge in [0, 0.05) is 31.6 Å². The molecular weight excluding hydrogens is 302 g/mol. The molecule has 0 bridgehead atoms. The van der Waals surface area contributed by atoms with Gasteiger partial charge in [-0.2, -0.15) is 0 Å². The summed E-state index contributed by atoms with van der Waals surface area (Å²) >= 11 is 0. The smallest absolute Gasteiger partial charge is 0.225 e. The highest BCUT2D eigenvalue weighted by atomic mass is 16.3. The van der Waals surface area contributed by atoms with Gasteiger partial charge in [0.25, 0.3) is 0 Å². The maximum atomic E-state index is 12.7. The molecule has 0 saturated heterocycles. The molecule has 0 fully saturated rings. The van der Waals surface area contributed by atoms with Crippen molar-refractivity contribution in [3.8, 4) is 0 Å². The second-order valence-electron chi connectivity index (χ2n) is 6.18. The number of hydrogen-bond acceptors (Lipinski definition) is 4. The zero-order chi connectivity index (χ0) is 16.7. The molecule has 2 aliphatic rings.